The molecule has 3 unspecified atom stereocenters. The first-order valence-electron chi connectivity index (χ1n) is 10.1. The molecule has 0 bridgehead atoms. The highest BCUT2D eigenvalue weighted by molar-refractivity contribution is 14.0. The number of halogens is 1. The smallest absolute Gasteiger partial charge is 0.191 e. The second-order valence-corrected chi connectivity index (χ2v) is 10.3. The molecule has 0 saturated carbocycles. The largest absolute Gasteiger partial charge is 0.376 e. The Morgan fingerprint density at radius 2 is 2.32 bits per heavy atom. The maximum atomic E-state index is 5.75. The Hall–Kier alpha value is -0.0300. The van der Waals surface area contributed by atoms with Crippen molar-refractivity contribution in [3.63, 3.8) is 0 Å². The molecule has 28 heavy (non-hydrogen) atoms. The fraction of sp³-hybridized carbons (Fsp3) is 0.750. The van der Waals surface area contributed by atoms with Crippen LogP contribution in [0.5, 0.6) is 0 Å². The van der Waals surface area contributed by atoms with E-state index >= 15 is 0 Å². The standard InChI is InChI=1S/C20H34N4OS2.HI/c1-4-21-19(23-15-20(3)8-6-12-27-20)22-13-17(18-7-5-11-26-18)24-9-10-25-16(2)14-24;/h5,7,11,16-17H,4,6,8-10,12-15H2,1-3H3,(H2,21,22,23);1H. The minimum absolute atomic E-state index is 0. The lowest BCUT2D eigenvalue weighted by Gasteiger charge is -2.37. The van der Waals surface area contributed by atoms with Gasteiger partial charge < -0.3 is 15.4 Å². The van der Waals surface area contributed by atoms with E-state index in [2.05, 4.69) is 65.6 Å². The molecule has 0 amide bonds. The summed E-state index contributed by atoms with van der Waals surface area (Å²) in [6.45, 7) is 12.0. The number of nitrogens with one attached hydrogen (secondary N) is 2. The fourth-order valence-corrected chi connectivity index (χ4v) is 5.85. The highest BCUT2D eigenvalue weighted by Crippen LogP contribution is 2.37. The molecule has 1 aromatic rings. The molecule has 3 heterocycles. The number of aliphatic imine (C=N–C) groups is 1. The zero-order valence-electron chi connectivity index (χ0n) is 17.3. The van der Waals surface area contributed by atoms with Gasteiger partial charge in [-0.2, -0.15) is 11.8 Å². The monoisotopic (exact) mass is 538 g/mol. The lowest BCUT2D eigenvalue weighted by Crippen LogP contribution is -2.48. The zero-order valence-corrected chi connectivity index (χ0v) is 21.2. The predicted octanol–water partition coefficient (Wildman–Crippen LogP) is 3.97. The molecule has 2 saturated heterocycles. The van der Waals surface area contributed by atoms with Crippen molar-refractivity contribution in [2.75, 3.05) is 45.1 Å². The summed E-state index contributed by atoms with van der Waals surface area (Å²) in [7, 11) is 0. The van der Waals surface area contributed by atoms with Crippen LogP contribution in [-0.2, 0) is 4.74 Å². The zero-order chi connectivity index (χ0) is 19.1. The van der Waals surface area contributed by atoms with Gasteiger partial charge in [-0.25, -0.2) is 0 Å². The van der Waals surface area contributed by atoms with Crippen LogP contribution >= 0.6 is 47.1 Å². The Morgan fingerprint density at radius 3 is 2.96 bits per heavy atom. The normalized spacial score (nSPS) is 27.2. The lowest BCUT2D eigenvalue weighted by molar-refractivity contribution is -0.0334. The molecule has 3 atom stereocenters. The number of ether oxygens (including phenoxy) is 1. The van der Waals surface area contributed by atoms with E-state index in [9.17, 15) is 0 Å². The SMILES string of the molecule is CCNC(=NCC1(C)CCCS1)NCC(c1cccs1)N1CCOC(C)C1.I. The third-order valence-corrected chi connectivity index (χ3v) is 7.76. The molecule has 3 rings (SSSR count). The molecule has 8 heteroatoms. The van der Waals surface area contributed by atoms with Crippen molar-refractivity contribution < 1.29 is 4.74 Å². The maximum absolute atomic E-state index is 5.75. The summed E-state index contributed by atoms with van der Waals surface area (Å²) >= 11 is 3.90. The molecule has 160 valence electrons. The number of hydrogen-bond acceptors (Lipinski definition) is 5. The van der Waals surface area contributed by atoms with E-state index in [0.29, 0.717) is 16.9 Å². The van der Waals surface area contributed by atoms with Crippen molar-refractivity contribution in [3.05, 3.63) is 22.4 Å². The van der Waals surface area contributed by atoms with Crippen molar-refractivity contribution in [2.24, 2.45) is 4.99 Å². The van der Waals surface area contributed by atoms with Crippen LogP contribution in [0.2, 0.25) is 0 Å². The van der Waals surface area contributed by atoms with Crippen LogP contribution < -0.4 is 10.6 Å². The van der Waals surface area contributed by atoms with Crippen LogP contribution in [-0.4, -0.2) is 66.8 Å². The van der Waals surface area contributed by atoms with Gasteiger partial charge in [0.2, 0.25) is 0 Å². The van der Waals surface area contributed by atoms with Crippen molar-refractivity contribution in [3.8, 4) is 0 Å². The van der Waals surface area contributed by atoms with Gasteiger partial charge in [0.1, 0.15) is 0 Å². The van der Waals surface area contributed by atoms with E-state index in [0.717, 1.165) is 45.3 Å². The third-order valence-electron chi connectivity index (χ3n) is 5.26. The topological polar surface area (TPSA) is 48.9 Å². The van der Waals surface area contributed by atoms with E-state index < -0.39 is 0 Å². The molecule has 2 aliphatic rings. The molecule has 2 fully saturated rings. The molecular weight excluding hydrogens is 503 g/mol. The Bertz CT molecular complexity index is 593. The summed E-state index contributed by atoms with van der Waals surface area (Å²) in [5.41, 5.74) is 0. The second kappa shape index (κ2) is 12.0. The van der Waals surface area contributed by atoms with Crippen molar-refractivity contribution in [1.82, 2.24) is 15.5 Å². The number of thiophene rings is 1. The number of guanidine groups is 1. The summed E-state index contributed by atoms with van der Waals surface area (Å²) in [4.78, 5) is 8.87. The van der Waals surface area contributed by atoms with Crippen LogP contribution in [0.25, 0.3) is 0 Å². The second-order valence-electron chi connectivity index (χ2n) is 7.69. The van der Waals surface area contributed by atoms with Gasteiger partial charge in [0.25, 0.3) is 0 Å². The van der Waals surface area contributed by atoms with Crippen molar-refractivity contribution in [2.45, 2.75) is 50.5 Å². The average Bonchev–Trinajstić information content (AvgIpc) is 3.32. The van der Waals surface area contributed by atoms with Gasteiger partial charge in [-0.05, 0) is 50.8 Å². The lowest BCUT2D eigenvalue weighted by atomic mass is 10.1. The first-order chi connectivity index (χ1) is 13.1. The summed E-state index contributed by atoms with van der Waals surface area (Å²) in [5, 5.41) is 9.21. The summed E-state index contributed by atoms with van der Waals surface area (Å²) in [6.07, 6.45) is 2.88. The summed E-state index contributed by atoms with van der Waals surface area (Å²) in [5.74, 6) is 2.21. The number of rotatable bonds is 7. The fourth-order valence-electron chi connectivity index (χ4n) is 3.76. The van der Waals surface area contributed by atoms with Gasteiger partial charge in [0.05, 0.1) is 25.3 Å². The minimum atomic E-state index is 0. The van der Waals surface area contributed by atoms with E-state index in [1.807, 2.05) is 11.3 Å². The Balaban J connectivity index is 0.00000280. The van der Waals surface area contributed by atoms with Crippen LogP contribution in [0.15, 0.2) is 22.5 Å². The molecule has 5 nitrogen and oxygen atoms in total. The third kappa shape index (κ3) is 7.04. The highest BCUT2D eigenvalue weighted by atomic mass is 127. The molecule has 0 radical (unpaired) electrons. The predicted molar refractivity (Wildman–Crippen MR) is 134 cm³/mol. The van der Waals surface area contributed by atoms with Crippen LogP contribution in [0, 0.1) is 0 Å². The summed E-state index contributed by atoms with van der Waals surface area (Å²) in [6, 6.07) is 4.75. The maximum Gasteiger partial charge on any atom is 0.191 e. The Morgan fingerprint density at radius 1 is 1.46 bits per heavy atom. The average molecular weight is 539 g/mol. The number of hydrogen-bond donors (Lipinski definition) is 2. The summed E-state index contributed by atoms with van der Waals surface area (Å²) < 4.78 is 6.05. The molecule has 2 N–H and O–H groups in total. The molecule has 0 spiro atoms. The van der Waals surface area contributed by atoms with Crippen LogP contribution in [0.3, 0.4) is 0 Å². The van der Waals surface area contributed by atoms with Gasteiger partial charge in [-0.1, -0.05) is 6.07 Å². The van der Waals surface area contributed by atoms with Gasteiger partial charge >= 0.3 is 0 Å². The van der Waals surface area contributed by atoms with E-state index in [1.54, 1.807) is 0 Å². The van der Waals surface area contributed by atoms with Crippen molar-refractivity contribution >= 4 is 53.0 Å². The van der Waals surface area contributed by atoms with E-state index in [-0.39, 0.29) is 24.0 Å². The molecular formula is C20H35IN4OS2. The Kier molecular flexibility index (Phi) is 10.4. The minimum Gasteiger partial charge on any atom is -0.376 e. The molecule has 0 aliphatic carbocycles. The van der Waals surface area contributed by atoms with E-state index in [1.165, 1.54) is 23.5 Å². The number of morpholine rings is 1. The molecule has 1 aromatic heterocycles. The molecule has 2 aliphatic heterocycles. The van der Waals surface area contributed by atoms with E-state index in [4.69, 9.17) is 9.73 Å². The van der Waals surface area contributed by atoms with Crippen LogP contribution in [0.1, 0.15) is 44.5 Å². The van der Waals surface area contributed by atoms with Crippen LogP contribution in [0.4, 0.5) is 0 Å². The van der Waals surface area contributed by atoms with Gasteiger partial charge in [0.15, 0.2) is 5.96 Å². The quantitative estimate of drug-likeness (QED) is 0.313. The highest BCUT2D eigenvalue weighted by Gasteiger charge is 2.30. The molecule has 0 aromatic carbocycles. The van der Waals surface area contributed by atoms with Gasteiger partial charge in [-0.3, -0.25) is 9.89 Å². The van der Waals surface area contributed by atoms with Gasteiger partial charge in [0, 0.05) is 35.8 Å². The van der Waals surface area contributed by atoms with Crippen molar-refractivity contribution in [1.29, 1.82) is 0 Å². The van der Waals surface area contributed by atoms with Gasteiger partial charge in [-0.15, -0.1) is 35.3 Å². The first-order valence-corrected chi connectivity index (χ1v) is 12.0. The first kappa shape index (κ1) is 24.2. The Labute approximate surface area is 195 Å². The number of nitrogens with zero attached hydrogens (tertiary/aromatic N) is 2. The number of thioether (sulfide) groups is 1.